The molecule has 0 spiro atoms. The van der Waals surface area contributed by atoms with Gasteiger partial charge in [0.1, 0.15) is 5.75 Å². The molecule has 0 radical (unpaired) electrons. The number of likely N-dealkylation sites (tertiary alicyclic amines) is 1. The number of carbonyl (C=O) groups excluding carboxylic acids is 1. The molecular formula is C17H26N2O2. The molecule has 1 aliphatic heterocycles. The maximum atomic E-state index is 12.2. The highest BCUT2D eigenvalue weighted by Crippen LogP contribution is 2.20. The van der Waals surface area contributed by atoms with Crippen molar-refractivity contribution in [1.29, 1.82) is 0 Å². The van der Waals surface area contributed by atoms with E-state index in [2.05, 4.69) is 25.2 Å². The molecule has 21 heavy (non-hydrogen) atoms. The largest absolute Gasteiger partial charge is 0.496 e. The second kappa shape index (κ2) is 7.34. The molecule has 116 valence electrons. The zero-order chi connectivity index (χ0) is 15.2. The summed E-state index contributed by atoms with van der Waals surface area (Å²) in [6, 6.07) is 6.56. The predicted octanol–water partition coefficient (Wildman–Crippen LogP) is 3.13. The standard InChI is InChI=1S/C17H26N2O2/c1-13-7-8-16(21-3)15(12-13)9-10-18-17(20)19-11-5-4-6-14(19)2/h7-8,12,14H,4-6,9-11H2,1-3H3,(H,18,20). The van der Waals surface area contributed by atoms with E-state index in [-0.39, 0.29) is 6.03 Å². The first-order valence-corrected chi connectivity index (χ1v) is 7.80. The molecule has 1 aliphatic rings. The third kappa shape index (κ3) is 4.13. The summed E-state index contributed by atoms with van der Waals surface area (Å²) < 4.78 is 5.37. The Morgan fingerprint density at radius 3 is 2.95 bits per heavy atom. The van der Waals surface area contributed by atoms with Crippen molar-refractivity contribution in [1.82, 2.24) is 10.2 Å². The van der Waals surface area contributed by atoms with Gasteiger partial charge < -0.3 is 15.0 Å². The molecule has 1 heterocycles. The van der Waals surface area contributed by atoms with Crippen LogP contribution in [-0.4, -0.2) is 37.2 Å². The van der Waals surface area contributed by atoms with Crippen molar-refractivity contribution in [3.8, 4) is 5.75 Å². The summed E-state index contributed by atoms with van der Waals surface area (Å²) in [5.41, 5.74) is 2.35. The minimum Gasteiger partial charge on any atom is -0.496 e. The maximum absolute atomic E-state index is 12.2. The van der Waals surface area contributed by atoms with Gasteiger partial charge >= 0.3 is 6.03 Å². The van der Waals surface area contributed by atoms with Gasteiger partial charge in [0, 0.05) is 19.1 Å². The van der Waals surface area contributed by atoms with Gasteiger partial charge in [0.05, 0.1) is 7.11 Å². The van der Waals surface area contributed by atoms with Crippen LogP contribution in [-0.2, 0) is 6.42 Å². The average Bonchev–Trinajstić information content (AvgIpc) is 2.48. The molecule has 1 saturated heterocycles. The summed E-state index contributed by atoms with van der Waals surface area (Å²) in [5.74, 6) is 0.890. The lowest BCUT2D eigenvalue weighted by Crippen LogP contribution is -2.47. The first-order chi connectivity index (χ1) is 10.1. The van der Waals surface area contributed by atoms with E-state index in [1.165, 1.54) is 12.0 Å². The highest BCUT2D eigenvalue weighted by molar-refractivity contribution is 5.74. The van der Waals surface area contributed by atoms with Gasteiger partial charge in [0.15, 0.2) is 0 Å². The average molecular weight is 290 g/mol. The number of methoxy groups -OCH3 is 1. The number of amides is 2. The molecule has 4 heteroatoms. The van der Waals surface area contributed by atoms with Gasteiger partial charge in [-0.15, -0.1) is 0 Å². The molecule has 0 saturated carbocycles. The number of piperidine rings is 1. The Balaban J connectivity index is 1.86. The fraction of sp³-hybridized carbons (Fsp3) is 0.588. The number of carbonyl (C=O) groups is 1. The normalized spacial score (nSPS) is 18.4. The Labute approximate surface area is 127 Å². The minimum absolute atomic E-state index is 0.0637. The van der Waals surface area contributed by atoms with Crippen LogP contribution in [0.25, 0.3) is 0 Å². The highest BCUT2D eigenvalue weighted by atomic mass is 16.5. The molecule has 1 unspecified atom stereocenters. The number of nitrogens with one attached hydrogen (secondary N) is 1. The minimum atomic E-state index is 0.0637. The summed E-state index contributed by atoms with van der Waals surface area (Å²) >= 11 is 0. The van der Waals surface area contributed by atoms with Gasteiger partial charge in [-0.25, -0.2) is 4.79 Å². The summed E-state index contributed by atoms with van der Waals surface area (Å²) in [4.78, 5) is 14.2. The molecule has 1 aromatic carbocycles. The number of nitrogens with zero attached hydrogens (tertiary/aromatic N) is 1. The Kier molecular flexibility index (Phi) is 5.48. The van der Waals surface area contributed by atoms with Crippen molar-refractivity contribution in [3.63, 3.8) is 0 Å². The number of benzene rings is 1. The fourth-order valence-corrected chi connectivity index (χ4v) is 2.91. The molecular weight excluding hydrogens is 264 g/mol. The number of hydrogen-bond donors (Lipinski definition) is 1. The van der Waals surface area contributed by atoms with Gasteiger partial charge in [0.25, 0.3) is 0 Å². The van der Waals surface area contributed by atoms with E-state index in [9.17, 15) is 4.79 Å². The van der Waals surface area contributed by atoms with Crippen LogP contribution in [0.4, 0.5) is 4.79 Å². The molecule has 1 fully saturated rings. The van der Waals surface area contributed by atoms with Gasteiger partial charge in [-0.2, -0.15) is 0 Å². The second-order valence-electron chi connectivity index (χ2n) is 5.84. The van der Waals surface area contributed by atoms with Crippen LogP contribution in [0.1, 0.15) is 37.3 Å². The Morgan fingerprint density at radius 2 is 2.24 bits per heavy atom. The third-order valence-corrected chi connectivity index (χ3v) is 4.17. The first kappa shape index (κ1) is 15.7. The van der Waals surface area contributed by atoms with Crippen molar-refractivity contribution in [2.45, 2.75) is 45.6 Å². The van der Waals surface area contributed by atoms with Gasteiger partial charge in [-0.1, -0.05) is 17.7 Å². The fourth-order valence-electron chi connectivity index (χ4n) is 2.91. The van der Waals surface area contributed by atoms with Gasteiger partial charge in [-0.05, 0) is 51.2 Å². The van der Waals surface area contributed by atoms with Crippen LogP contribution in [0.5, 0.6) is 5.75 Å². The van der Waals surface area contributed by atoms with Crippen molar-refractivity contribution in [2.24, 2.45) is 0 Å². The number of hydrogen-bond acceptors (Lipinski definition) is 2. The molecule has 2 rings (SSSR count). The zero-order valence-electron chi connectivity index (χ0n) is 13.3. The lowest BCUT2D eigenvalue weighted by molar-refractivity contribution is 0.158. The summed E-state index contributed by atoms with van der Waals surface area (Å²) in [6.45, 7) is 5.71. The molecule has 0 aromatic heterocycles. The van der Waals surface area contributed by atoms with Crippen LogP contribution >= 0.6 is 0 Å². The second-order valence-corrected chi connectivity index (χ2v) is 5.84. The highest BCUT2D eigenvalue weighted by Gasteiger charge is 2.22. The molecule has 2 amide bonds. The van der Waals surface area contributed by atoms with E-state index in [1.54, 1.807) is 7.11 Å². The number of aryl methyl sites for hydroxylation is 1. The van der Waals surface area contributed by atoms with Gasteiger partial charge in [0.2, 0.25) is 0 Å². The van der Waals surface area contributed by atoms with Crippen LogP contribution in [0.15, 0.2) is 18.2 Å². The van der Waals surface area contributed by atoms with Crippen LogP contribution in [0.2, 0.25) is 0 Å². The van der Waals surface area contributed by atoms with Crippen LogP contribution < -0.4 is 10.1 Å². The van der Waals surface area contributed by atoms with Crippen molar-refractivity contribution in [2.75, 3.05) is 20.2 Å². The summed E-state index contributed by atoms with van der Waals surface area (Å²) in [7, 11) is 1.68. The summed E-state index contributed by atoms with van der Waals surface area (Å²) in [5, 5.41) is 3.03. The van der Waals surface area contributed by atoms with Crippen molar-refractivity contribution >= 4 is 6.03 Å². The lowest BCUT2D eigenvalue weighted by Gasteiger charge is -2.33. The topological polar surface area (TPSA) is 41.6 Å². The predicted molar refractivity (Wildman–Crippen MR) is 84.9 cm³/mol. The van der Waals surface area contributed by atoms with E-state index in [1.807, 2.05) is 17.0 Å². The van der Waals surface area contributed by atoms with E-state index < -0.39 is 0 Å². The van der Waals surface area contributed by atoms with Crippen molar-refractivity contribution in [3.05, 3.63) is 29.3 Å². The number of urea groups is 1. The monoisotopic (exact) mass is 290 g/mol. The zero-order valence-corrected chi connectivity index (χ0v) is 13.3. The van der Waals surface area contributed by atoms with Crippen LogP contribution in [0.3, 0.4) is 0 Å². The number of rotatable bonds is 4. The van der Waals surface area contributed by atoms with Gasteiger partial charge in [-0.3, -0.25) is 0 Å². The third-order valence-electron chi connectivity index (χ3n) is 4.17. The smallest absolute Gasteiger partial charge is 0.317 e. The Hall–Kier alpha value is -1.71. The lowest BCUT2D eigenvalue weighted by atomic mass is 10.0. The van der Waals surface area contributed by atoms with Crippen molar-refractivity contribution < 1.29 is 9.53 Å². The Bertz CT molecular complexity index is 488. The quantitative estimate of drug-likeness (QED) is 0.925. The van der Waals surface area contributed by atoms with E-state index in [4.69, 9.17) is 4.74 Å². The molecule has 4 nitrogen and oxygen atoms in total. The van der Waals surface area contributed by atoms with E-state index in [0.29, 0.717) is 12.6 Å². The molecule has 1 aromatic rings. The maximum Gasteiger partial charge on any atom is 0.317 e. The molecule has 0 bridgehead atoms. The van der Waals surface area contributed by atoms with Crippen LogP contribution in [0, 0.1) is 6.92 Å². The molecule has 1 atom stereocenters. The molecule has 0 aliphatic carbocycles. The number of ether oxygens (including phenoxy) is 1. The van der Waals surface area contributed by atoms with E-state index >= 15 is 0 Å². The Morgan fingerprint density at radius 1 is 1.43 bits per heavy atom. The molecule has 1 N–H and O–H groups in total. The SMILES string of the molecule is COc1ccc(C)cc1CCNC(=O)N1CCCCC1C. The first-order valence-electron chi connectivity index (χ1n) is 7.80. The summed E-state index contributed by atoms with van der Waals surface area (Å²) in [6.07, 6.45) is 4.24. The van der Waals surface area contributed by atoms with E-state index in [0.717, 1.165) is 37.1 Å².